The molecule has 0 unspecified atom stereocenters. The third kappa shape index (κ3) is 9.22. The fraction of sp³-hybridized carbons (Fsp3) is 0.700. The van der Waals surface area contributed by atoms with E-state index in [9.17, 15) is 4.79 Å². The van der Waals surface area contributed by atoms with Gasteiger partial charge >= 0.3 is 0 Å². The smallest absolute Gasteiger partial charge is 0.220 e. The van der Waals surface area contributed by atoms with Gasteiger partial charge in [-0.1, -0.05) is 6.08 Å². The van der Waals surface area contributed by atoms with Crippen molar-refractivity contribution < 1.29 is 9.53 Å². The molecule has 0 heterocycles. The zero-order chi connectivity index (χ0) is 10.6. The van der Waals surface area contributed by atoms with E-state index in [1.165, 1.54) is 0 Å². The molecule has 1 amide bonds. The molecule has 0 aromatic carbocycles. The zero-order valence-corrected chi connectivity index (χ0v) is 8.63. The zero-order valence-electron chi connectivity index (χ0n) is 8.63. The highest BCUT2D eigenvalue weighted by Crippen LogP contribution is 1.90. The van der Waals surface area contributed by atoms with E-state index in [4.69, 9.17) is 10.5 Å². The minimum absolute atomic E-state index is 0.0700. The normalized spacial score (nSPS) is 9.79. The summed E-state index contributed by atoms with van der Waals surface area (Å²) in [5.74, 6) is 0.0700. The van der Waals surface area contributed by atoms with Crippen LogP contribution in [0, 0.1) is 0 Å². The highest BCUT2D eigenvalue weighted by molar-refractivity contribution is 5.75. The van der Waals surface area contributed by atoms with Crippen LogP contribution in [0.1, 0.15) is 19.3 Å². The van der Waals surface area contributed by atoms with Crippen molar-refractivity contribution >= 4 is 5.91 Å². The van der Waals surface area contributed by atoms with E-state index in [1.807, 2.05) is 0 Å². The number of rotatable bonds is 9. The van der Waals surface area contributed by atoms with Gasteiger partial charge in [0.25, 0.3) is 0 Å². The highest BCUT2D eigenvalue weighted by Gasteiger charge is 1.98. The lowest BCUT2D eigenvalue weighted by atomic mass is 10.3. The Bertz CT molecular complexity index is 160. The average molecular weight is 200 g/mol. The summed E-state index contributed by atoms with van der Waals surface area (Å²) in [7, 11) is 0. The van der Waals surface area contributed by atoms with E-state index >= 15 is 0 Å². The van der Waals surface area contributed by atoms with E-state index in [-0.39, 0.29) is 5.91 Å². The molecular weight excluding hydrogens is 180 g/mol. The van der Waals surface area contributed by atoms with Crippen molar-refractivity contribution in [3.8, 4) is 0 Å². The molecule has 0 radical (unpaired) electrons. The van der Waals surface area contributed by atoms with E-state index in [2.05, 4.69) is 11.9 Å². The molecular formula is C10H20N2O2. The summed E-state index contributed by atoms with van der Waals surface area (Å²) in [5.41, 5.74) is 5.29. The predicted octanol–water partition coefficient (Wildman–Crippen LogP) is 0.434. The standard InChI is InChI=1S/C10H20N2O2/c1-2-8-14-9-3-5-10(13)12-7-4-6-11/h2H,1,3-9,11H2,(H,12,13). The van der Waals surface area contributed by atoms with Crippen LogP contribution in [-0.2, 0) is 9.53 Å². The molecule has 0 atom stereocenters. The first-order valence-electron chi connectivity index (χ1n) is 4.96. The van der Waals surface area contributed by atoms with Gasteiger partial charge in [0.1, 0.15) is 0 Å². The third-order valence-electron chi connectivity index (χ3n) is 1.63. The number of nitrogens with two attached hydrogens (primary N) is 1. The second kappa shape index (κ2) is 10.2. The van der Waals surface area contributed by atoms with Crippen molar-refractivity contribution in [2.24, 2.45) is 5.73 Å². The van der Waals surface area contributed by atoms with Crippen LogP contribution in [-0.4, -0.2) is 32.2 Å². The van der Waals surface area contributed by atoms with Crippen LogP contribution in [0.15, 0.2) is 12.7 Å². The number of carbonyl (C=O) groups is 1. The maximum atomic E-state index is 11.1. The number of ether oxygens (including phenoxy) is 1. The Morgan fingerprint density at radius 2 is 2.29 bits per heavy atom. The number of hydrogen-bond acceptors (Lipinski definition) is 3. The van der Waals surface area contributed by atoms with E-state index in [0.717, 1.165) is 12.8 Å². The summed E-state index contributed by atoms with van der Waals surface area (Å²) in [6, 6.07) is 0. The van der Waals surface area contributed by atoms with Gasteiger partial charge in [-0.15, -0.1) is 6.58 Å². The molecule has 0 aliphatic rings. The molecule has 0 aliphatic heterocycles. The van der Waals surface area contributed by atoms with Crippen molar-refractivity contribution in [2.45, 2.75) is 19.3 Å². The first-order valence-corrected chi connectivity index (χ1v) is 4.96. The van der Waals surface area contributed by atoms with Gasteiger partial charge in [0.15, 0.2) is 0 Å². The molecule has 0 bridgehead atoms. The van der Waals surface area contributed by atoms with Crippen LogP contribution >= 0.6 is 0 Å². The Kier molecular flexibility index (Phi) is 9.58. The Balaban J connectivity index is 3.14. The van der Waals surface area contributed by atoms with Crippen LogP contribution in [0.2, 0.25) is 0 Å². The molecule has 0 aromatic rings. The highest BCUT2D eigenvalue weighted by atomic mass is 16.5. The molecule has 14 heavy (non-hydrogen) atoms. The second-order valence-corrected chi connectivity index (χ2v) is 2.96. The fourth-order valence-corrected chi connectivity index (χ4v) is 0.920. The van der Waals surface area contributed by atoms with Crippen molar-refractivity contribution in [1.29, 1.82) is 0 Å². The third-order valence-corrected chi connectivity index (χ3v) is 1.63. The summed E-state index contributed by atoms with van der Waals surface area (Å²) < 4.78 is 5.14. The van der Waals surface area contributed by atoms with Gasteiger partial charge in [0, 0.05) is 19.6 Å². The summed E-state index contributed by atoms with van der Waals surface area (Å²) >= 11 is 0. The van der Waals surface area contributed by atoms with Gasteiger partial charge < -0.3 is 15.8 Å². The van der Waals surface area contributed by atoms with Gasteiger partial charge in [-0.25, -0.2) is 0 Å². The maximum Gasteiger partial charge on any atom is 0.220 e. The SMILES string of the molecule is C=CCOCCCC(=O)NCCCN. The van der Waals surface area contributed by atoms with Crippen LogP contribution in [0.25, 0.3) is 0 Å². The molecule has 0 aromatic heterocycles. The van der Waals surface area contributed by atoms with Gasteiger partial charge in [-0.05, 0) is 19.4 Å². The largest absolute Gasteiger partial charge is 0.377 e. The molecule has 0 saturated carbocycles. The Morgan fingerprint density at radius 1 is 1.50 bits per heavy atom. The van der Waals surface area contributed by atoms with E-state index in [1.54, 1.807) is 6.08 Å². The monoisotopic (exact) mass is 200 g/mol. The van der Waals surface area contributed by atoms with Crippen LogP contribution in [0.3, 0.4) is 0 Å². The van der Waals surface area contributed by atoms with Crippen LogP contribution in [0.5, 0.6) is 0 Å². The molecule has 0 saturated heterocycles. The molecule has 0 aliphatic carbocycles. The molecule has 3 N–H and O–H groups in total. The molecule has 0 fully saturated rings. The molecule has 0 rings (SSSR count). The van der Waals surface area contributed by atoms with Crippen LogP contribution < -0.4 is 11.1 Å². The van der Waals surface area contributed by atoms with E-state index in [0.29, 0.717) is 32.7 Å². The Hall–Kier alpha value is -0.870. The van der Waals surface area contributed by atoms with Crippen molar-refractivity contribution in [3.05, 3.63) is 12.7 Å². The quantitative estimate of drug-likeness (QED) is 0.419. The number of nitrogens with one attached hydrogen (secondary N) is 1. The lowest BCUT2D eigenvalue weighted by molar-refractivity contribution is -0.121. The lowest BCUT2D eigenvalue weighted by Gasteiger charge is -2.03. The molecule has 4 nitrogen and oxygen atoms in total. The second-order valence-electron chi connectivity index (χ2n) is 2.96. The minimum Gasteiger partial charge on any atom is -0.377 e. The number of hydrogen-bond donors (Lipinski definition) is 2. The van der Waals surface area contributed by atoms with Gasteiger partial charge in [-0.3, -0.25) is 4.79 Å². The van der Waals surface area contributed by atoms with E-state index < -0.39 is 0 Å². The fourth-order valence-electron chi connectivity index (χ4n) is 0.920. The Morgan fingerprint density at radius 3 is 2.93 bits per heavy atom. The first-order chi connectivity index (χ1) is 6.81. The van der Waals surface area contributed by atoms with Crippen molar-refractivity contribution in [1.82, 2.24) is 5.32 Å². The number of amides is 1. The lowest BCUT2D eigenvalue weighted by Crippen LogP contribution is -2.25. The molecule has 82 valence electrons. The van der Waals surface area contributed by atoms with Crippen LogP contribution in [0.4, 0.5) is 0 Å². The molecule has 0 spiro atoms. The predicted molar refractivity (Wildman–Crippen MR) is 56.9 cm³/mol. The topological polar surface area (TPSA) is 64.3 Å². The first kappa shape index (κ1) is 13.1. The summed E-state index contributed by atoms with van der Waals surface area (Å²) in [5, 5.41) is 2.78. The van der Waals surface area contributed by atoms with Gasteiger partial charge in [0.2, 0.25) is 5.91 Å². The Labute approximate surface area is 85.5 Å². The van der Waals surface area contributed by atoms with Gasteiger partial charge in [-0.2, -0.15) is 0 Å². The summed E-state index contributed by atoms with van der Waals surface area (Å²) in [6.45, 7) is 5.97. The van der Waals surface area contributed by atoms with Crippen molar-refractivity contribution in [2.75, 3.05) is 26.3 Å². The minimum atomic E-state index is 0.0700. The molecule has 4 heteroatoms. The number of carbonyl (C=O) groups excluding carboxylic acids is 1. The summed E-state index contributed by atoms with van der Waals surface area (Å²) in [6.07, 6.45) is 3.80. The average Bonchev–Trinajstić information content (AvgIpc) is 2.18. The van der Waals surface area contributed by atoms with Gasteiger partial charge in [0.05, 0.1) is 6.61 Å². The maximum absolute atomic E-state index is 11.1. The van der Waals surface area contributed by atoms with Crippen molar-refractivity contribution in [3.63, 3.8) is 0 Å². The summed E-state index contributed by atoms with van der Waals surface area (Å²) in [4.78, 5) is 11.1.